The maximum absolute atomic E-state index is 11.9. The van der Waals surface area contributed by atoms with Gasteiger partial charge in [-0.3, -0.25) is 0 Å². The van der Waals surface area contributed by atoms with Gasteiger partial charge in [0, 0.05) is 38.6 Å². The number of allylic oxidation sites excluding steroid dienone is 4. The van der Waals surface area contributed by atoms with E-state index in [1.807, 2.05) is 56.4 Å². The molecule has 0 aliphatic heterocycles. The largest absolute Gasteiger partial charge is 0.450 e. The Morgan fingerprint density at radius 1 is 1.03 bits per heavy atom. The first-order chi connectivity index (χ1) is 15.1. The molecule has 5 nitrogen and oxygen atoms in total. The van der Waals surface area contributed by atoms with E-state index in [2.05, 4.69) is 51.1 Å². The lowest BCUT2D eigenvalue weighted by molar-refractivity contribution is 0.143. The third-order valence-corrected chi connectivity index (χ3v) is 5.88. The normalized spacial score (nSPS) is 12.3. The van der Waals surface area contributed by atoms with Crippen molar-refractivity contribution in [3.05, 3.63) is 82.9 Å². The van der Waals surface area contributed by atoms with Crippen molar-refractivity contribution in [1.29, 1.82) is 0 Å². The van der Waals surface area contributed by atoms with Crippen LogP contribution in [0.25, 0.3) is 0 Å². The number of amides is 1. The summed E-state index contributed by atoms with van der Waals surface area (Å²) in [6.07, 6.45) is 3.17. The standard InChI is InChI=1S/C27H41N3O2/c1-10-30(25(7)23(5)21(3)22(4)24(6)29(8)9)17-11-12-18-32-27(31)28-19-26-15-13-20(2)14-16-26/h10,13-16H,1,6,11-12,17-19H2,2-5,7-9H3,(H,28,31)/b22-21-,25-23+. The van der Waals surface area contributed by atoms with Crippen molar-refractivity contribution in [2.45, 2.75) is 54.0 Å². The second-order valence-electron chi connectivity index (χ2n) is 8.36. The van der Waals surface area contributed by atoms with Crippen LogP contribution in [0.3, 0.4) is 0 Å². The van der Waals surface area contributed by atoms with Crippen LogP contribution in [0, 0.1) is 6.92 Å². The van der Waals surface area contributed by atoms with Crippen LogP contribution in [0.1, 0.15) is 51.7 Å². The Balaban J connectivity index is 2.48. The van der Waals surface area contributed by atoms with Crippen LogP contribution in [0.4, 0.5) is 4.79 Å². The number of hydrogen-bond acceptors (Lipinski definition) is 4. The minimum absolute atomic E-state index is 0.379. The van der Waals surface area contributed by atoms with E-state index in [-0.39, 0.29) is 6.09 Å². The third kappa shape index (κ3) is 8.66. The van der Waals surface area contributed by atoms with Crippen LogP contribution in [0.15, 0.2) is 71.7 Å². The van der Waals surface area contributed by atoms with Gasteiger partial charge in [-0.25, -0.2) is 4.79 Å². The van der Waals surface area contributed by atoms with Gasteiger partial charge in [0.2, 0.25) is 0 Å². The van der Waals surface area contributed by atoms with Gasteiger partial charge in [0.15, 0.2) is 0 Å². The number of carbonyl (C=O) groups is 1. The number of alkyl carbamates (subject to hydrolysis) is 1. The van der Waals surface area contributed by atoms with Crippen LogP contribution in [0.2, 0.25) is 0 Å². The number of aryl methyl sites for hydroxylation is 1. The molecule has 176 valence electrons. The van der Waals surface area contributed by atoms with Gasteiger partial charge in [-0.2, -0.15) is 0 Å². The van der Waals surface area contributed by atoms with Crippen LogP contribution in [-0.2, 0) is 11.3 Å². The maximum Gasteiger partial charge on any atom is 0.407 e. The molecule has 0 heterocycles. The molecule has 1 aromatic rings. The van der Waals surface area contributed by atoms with Crippen LogP contribution < -0.4 is 5.32 Å². The highest BCUT2D eigenvalue weighted by atomic mass is 16.5. The summed E-state index contributed by atoms with van der Waals surface area (Å²) in [6.45, 7) is 20.3. The second-order valence-corrected chi connectivity index (χ2v) is 8.36. The molecule has 0 aliphatic rings. The summed E-state index contributed by atoms with van der Waals surface area (Å²) in [5, 5.41) is 2.79. The number of unbranched alkanes of at least 4 members (excludes halogenated alkanes) is 1. The molecule has 1 N–H and O–H groups in total. The van der Waals surface area contributed by atoms with Gasteiger partial charge >= 0.3 is 6.09 Å². The SMILES string of the molecule is C=CN(CCCCOC(=O)NCc1ccc(C)cc1)/C(C)=C(C)/C(C)=C(/C)C(=C)N(C)C. The zero-order valence-corrected chi connectivity index (χ0v) is 21.0. The molecule has 1 aromatic carbocycles. The molecule has 0 radical (unpaired) electrons. The fourth-order valence-electron chi connectivity index (χ4n) is 3.20. The van der Waals surface area contributed by atoms with Crippen LogP contribution >= 0.6 is 0 Å². The quantitative estimate of drug-likeness (QED) is 0.313. The summed E-state index contributed by atoms with van der Waals surface area (Å²) in [5.41, 5.74) is 8.06. The summed E-state index contributed by atoms with van der Waals surface area (Å²) < 4.78 is 5.30. The molecule has 1 rings (SSSR count). The molecule has 0 aromatic heterocycles. The summed E-state index contributed by atoms with van der Waals surface area (Å²) in [6, 6.07) is 8.07. The van der Waals surface area contributed by atoms with Crippen LogP contribution in [0.5, 0.6) is 0 Å². The van der Waals surface area contributed by atoms with E-state index >= 15 is 0 Å². The number of carbonyl (C=O) groups excluding carboxylic acids is 1. The van der Waals surface area contributed by atoms with Crippen molar-refractivity contribution in [3.63, 3.8) is 0 Å². The molecule has 0 unspecified atom stereocenters. The van der Waals surface area contributed by atoms with Crippen LogP contribution in [-0.4, -0.2) is 43.1 Å². The predicted octanol–water partition coefficient (Wildman–Crippen LogP) is 6.15. The van der Waals surface area contributed by atoms with Crippen molar-refractivity contribution >= 4 is 6.09 Å². The molecular formula is C27H41N3O2. The van der Waals surface area contributed by atoms with Crippen molar-refractivity contribution < 1.29 is 9.53 Å². The number of hydrogen-bond donors (Lipinski definition) is 1. The molecule has 0 atom stereocenters. The molecule has 32 heavy (non-hydrogen) atoms. The molecule has 0 saturated heterocycles. The minimum Gasteiger partial charge on any atom is -0.450 e. The molecule has 0 bridgehead atoms. The van der Waals surface area contributed by atoms with Crippen molar-refractivity contribution in [1.82, 2.24) is 15.1 Å². The monoisotopic (exact) mass is 439 g/mol. The Hall–Kier alpha value is -2.95. The molecule has 1 amide bonds. The van der Waals surface area contributed by atoms with E-state index in [4.69, 9.17) is 4.74 Å². The molecule has 0 fully saturated rings. The fourth-order valence-corrected chi connectivity index (χ4v) is 3.20. The molecule has 5 heteroatoms. The number of benzene rings is 1. The van der Waals surface area contributed by atoms with Crippen molar-refractivity contribution in [3.8, 4) is 0 Å². The van der Waals surface area contributed by atoms with E-state index in [1.165, 1.54) is 28.0 Å². The Kier molecular flexibility index (Phi) is 11.4. The molecule has 0 saturated carbocycles. The van der Waals surface area contributed by atoms with Gasteiger partial charge in [-0.05, 0) is 75.9 Å². The van der Waals surface area contributed by atoms with E-state index in [0.29, 0.717) is 13.2 Å². The van der Waals surface area contributed by atoms with Gasteiger partial charge in [-0.1, -0.05) is 43.0 Å². The molecule has 0 aliphatic carbocycles. The number of likely N-dealkylation sites (N-methyl/N-ethyl adjacent to an activating group) is 1. The molecule has 0 spiro atoms. The van der Waals surface area contributed by atoms with Gasteiger partial charge < -0.3 is 19.9 Å². The average Bonchev–Trinajstić information content (AvgIpc) is 2.78. The first-order valence-corrected chi connectivity index (χ1v) is 11.2. The van der Waals surface area contributed by atoms with E-state index in [1.54, 1.807) is 0 Å². The summed E-state index contributed by atoms with van der Waals surface area (Å²) in [4.78, 5) is 16.1. The Bertz CT molecular complexity index is 848. The zero-order chi connectivity index (χ0) is 24.3. The lowest BCUT2D eigenvalue weighted by Gasteiger charge is -2.25. The lowest BCUT2D eigenvalue weighted by Crippen LogP contribution is -2.24. The highest BCUT2D eigenvalue weighted by Crippen LogP contribution is 2.24. The first kappa shape index (κ1) is 27.1. The van der Waals surface area contributed by atoms with E-state index in [9.17, 15) is 4.79 Å². The summed E-state index contributed by atoms with van der Waals surface area (Å²) in [7, 11) is 4.01. The minimum atomic E-state index is -0.379. The molecular weight excluding hydrogens is 398 g/mol. The van der Waals surface area contributed by atoms with E-state index in [0.717, 1.165) is 30.6 Å². The summed E-state index contributed by atoms with van der Waals surface area (Å²) in [5.74, 6) is 0. The topological polar surface area (TPSA) is 44.8 Å². The predicted molar refractivity (Wildman–Crippen MR) is 135 cm³/mol. The van der Waals surface area contributed by atoms with Crippen molar-refractivity contribution in [2.24, 2.45) is 0 Å². The number of ether oxygens (including phenoxy) is 1. The fraction of sp³-hybridized carbons (Fsp3) is 0.444. The zero-order valence-electron chi connectivity index (χ0n) is 21.0. The highest BCUT2D eigenvalue weighted by Gasteiger charge is 2.11. The number of nitrogens with one attached hydrogen (secondary N) is 1. The second kappa shape index (κ2) is 13.5. The number of rotatable bonds is 12. The van der Waals surface area contributed by atoms with Gasteiger partial charge in [-0.15, -0.1) is 0 Å². The first-order valence-electron chi connectivity index (χ1n) is 11.2. The maximum atomic E-state index is 11.9. The van der Waals surface area contributed by atoms with Gasteiger partial charge in [0.05, 0.1) is 6.61 Å². The average molecular weight is 440 g/mol. The highest BCUT2D eigenvalue weighted by molar-refractivity contribution is 5.67. The van der Waals surface area contributed by atoms with E-state index < -0.39 is 0 Å². The van der Waals surface area contributed by atoms with Gasteiger partial charge in [0.25, 0.3) is 0 Å². The lowest BCUT2D eigenvalue weighted by atomic mass is 9.99. The summed E-state index contributed by atoms with van der Waals surface area (Å²) >= 11 is 0. The Labute approximate surface area is 195 Å². The number of nitrogens with zero attached hydrogens (tertiary/aromatic N) is 2. The van der Waals surface area contributed by atoms with Crippen molar-refractivity contribution in [2.75, 3.05) is 27.2 Å². The smallest absolute Gasteiger partial charge is 0.407 e. The van der Waals surface area contributed by atoms with Gasteiger partial charge in [0.1, 0.15) is 0 Å². The Morgan fingerprint density at radius 3 is 2.22 bits per heavy atom. The third-order valence-electron chi connectivity index (χ3n) is 5.88. The Morgan fingerprint density at radius 2 is 1.66 bits per heavy atom.